The van der Waals surface area contributed by atoms with E-state index in [1.165, 1.54) is 23.1 Å². The van der Waals surface area contributed by atoms with Crippen LogP contribution in [0.3, 0.4) is 0 Å². The van der Waals surface area contributed by atoms with Gasteiger partial charge in [-0.25, -0.2) is 4.98 Å². The van der Waals surface area contributed by atoms with Gasteiger partial charge in [-0.05, 0) is 18.9 Å². The number of likely N-dealkylation sites (tertiary alicyclic amines) is 1. The molecule has 1 aliphatic heterocycles. The maximum absolute atomic E-state index is 12.4. The second-order valence-corrected chi connectivity index (χ2v) is 8.08. The molecule has 1 saturated carbocycles. The van der Waals surface area contributed by atoms with Gasteiger partial charge in [0, 0.05) is 25.1 Å². The topological polar surface area (TPSA) is 123 Å². The molecule has 1 aromatic heterocycles. The van der Waals surface area contributed by atoms with Crippen LogP contribution >= 0.6 is 11.3 Å². The molecule has 0 bridgehead atoms. The van der Waals surface area contributed by atoms with Gasteiger partial charge in [-0.3, -0.25) is 29.4 Å². The molecule has 1 saturated heterocycles. The summed E-state index contributed by atoms with van der Waals surface area (Å²) in [5.41, 5.74) is 0.515. The van der Waals surface area contributed by atoms with Crippen molar-refractivity contribution in [2.24, 2.45) is 11.8 Å². The molecule has 146 valence electrons. The number of fused-ring (bicyclic) bond motifs is 2. The molecule has 9 nitrogen and oxygen atoms in total. The van der Waals surface area contributed by atoms with Gasteiger partial charge in [0.05, 0.1) is 27.0 Å². The fourth-order valence-corrected chi connectivity index (χ4v) is 4.84. The number of anilines is 1. The summed E-state index contributed by atoms with van der Waals surface area (Å²) in [6, 6.07) is 4.30. The van der Waals surface area contributed by atoms with E-state index in [-0.39, 0.29) is 48.2 Å². The summed E-state index contributed by atoms with van der Waals surface area (Å²) in [5, 5.41) is 13.8. The number of rotatable bonds is 5. The minimum absolute atomic E-state index is 0.00695. The van der Waals surface area contributed by atoms with Gasteiger partial charge < -0.3 is 5.32 Å². The van der Waals surface area contributed by atoms with Crippen molar-refractivity contribution in [2.45, 2.75) is 32.1 Å². The lowest BCUT2D eigenvalue weighted by atomic mass is 9.81. The normalized spacial score (nSPS) is 21.8. The van der Waals surface area contributed by atoms with Gasteiger partial charge in [-0.2, -0.15) is 0 Å². The van der Waals surface area contributed by atoms with Crippen LogP contribution in [0.15, 0.2) is 18.2 Å². The largest absolute Gasteiger partial charge is 0.302 e. The molecule has 0 unspecified atom stereocenters. The number of aromatic nitrogens is 1. The summed E-state index contributed by atoms with van der Waals surface area (Å²) in [5.74, 6) is -1.11. The van der Waals surface area contributed by atoms with Crippen molar-refractivity contribution < 1.29 is 19.3 Å². The van der Waals surface area contributed by atoms with Gasteiger partial charge in [-0.1, -0.05) is 24.2 Å². The fraction of sp³-hybridized carbons (Fsp3) is 0.444. The number of non-ortho nitro benzene ring substituents is 1. The molecule has 2 atom stereocenters. The monoisotopic (exact) mass is 402 g/mol. The number of nitrogens with zero attached hydrogens (tertiary/aromatic N) is 3. The van der Waals surface area contributed by atoms with E-state index >= 15 is 0 Å². The number of hydrogen-bond acceptors (Lipinski definition) is 7. The van der Waals surface area contributed by atoms with Gasteiger partial charge in [0.1, 0.15) is 0 Å². The van der Waals surface area contributed by atoms with E-state index in [1.807, 2.05) is 0 Å². The molecule has 2 fully saturated rings. The minimum Gasteiger partial charge on any atom is -0.302 e. The van der Waals surface area contributed by atoms with E-state index in [4.69, 9.17) is 0 Å². The van der Waals surface area contributed by atoms with Crippen LogP contribution in [0.5, 0.6) is 0 Å². The summed E-state index contributed by atoms with van der Waals surface area (Å²) >= 11 is 1.14. The van der Waals surface area contributed by atoms with Crippen LogP contribution in [0.1, 0.15) is 32.1 Å². The van der Waals surface area contributed by atoms with Gasteiger partial charge >= 0.3 is 0 Å². The van der Waals surface area contributed by atoms with Crippen molar-refractivity contribution in [1.82, 2.24) is 9.88 Å². The molecular weight excluding hydrogens is 384 g/mol. The number of nitro groups is 1. The molecule has 1 N–H and O–H groups in total. The zero-order valence-electron chi connectivity index (χ0n) is 14.9. The molecule has 0 spiro atoms. The first kappa shape index (κ1) is 18.5. The number of nitrogens with one attached hydrogen (secondary N) is 1. The maximum Gasteiger partial charge on any atom is 0.270 e. The number of benzene rings is 1. The van der Waals surface area contributed by atoms with E-state index in [9.17, 15) is 24.5 Å². The van der Waals surface area contributed by atoms with E-state index in [0.717, 1.165) is 37.0 Å². The highest BCUT2D eigenvalue weighted by atomic mass is 32.1. The molecule has 0 radical (unpaired) electrons. The highest BCUT2D eigenvalue weighted by Gasteiger charge is 2.47. The summed E-state index contributed by atoms with van der Waals surface area (Å²) < 4.78 is 0.596. The Labute approximate surface area is 163 Å². The van der Waals surface area contributed by atoms with Crippen LogP contribution in [-0.2, 0) is 14.4 Å². The summed E-state index contributed by atoms with van der Waals surface area (Å²) in [6.07, 6.45) is 3.41. The third kappa shape index (κ3) is 3.35. The average Bonchev–Trinajstić information content (AvgIpc) is 3.18. The fourth-order valence-electron chi connectivity index (χ4n) is 3.93. The number of hydrogen-bond donors (Lipinski definition) is 1. The lowest BCUT2D eigenvalue weighted by Crippen LogP contribution is -2.34. The number of amides is 3. The summed E-state index contributed by atoms with van der Waals surface area (Å²) in [6.45, 7) is 0.0624. The molecule has 2 aliphatic rings. The lowest BCUT2D eigenvalue weighted by Gasteiger charge is -2.19. The molecule has 1 aliphatic carbocycles. The standard InChI is InChI=1S/C18H18N4O5S/c23-15(7-8-21-16(24)11-3-1-2-4-12(11)17(21)25)20-18-19-13-6-5-10(22(26)27)9-14(13)28-18/h5-6,9,11-12H,1-4,7-8H2,(H,19,20,23)/t11-,12-/m1/s1. The van der Waals surface area contributed by atoms with Crippen LogP contribution in [0, 0.1) is 22.0 Å². The zero-order valence-corrected chi connectivity index (χ0v) is 15.7. The third-order valence-electron chi connectivity index (χ3n) is 5.32. The lowest BCUT2D eigenvalue weighted by molar-refractivity contribution is -0.384. The second kappa shape index (κ2) is 7.27. The molecule has 10 heteroatoms. The number of carbonyl (C=O) groups excluding carboxylic acids is 3. The van der Waals surface area contributed by atoms with Crippen LogP contribution in [-0.4, -0.2) is 39.1 Å². The molecule has 2 aromatic rings. The predicted octanol–water partition coefficient (Wildman–Crippen LogP) is 2.71. The van der Waals surface area contributed by atoms with Crippen molar-refractivity contribution in [3.05, 3.63) is 28.3 Å². The van der Waals surface area contributed by atoms with Crippen LogP contribution in [0.2, 0.25) is 0 Å². The van der Waals surface area contributed by atoms with Crippen LogP contribution in [0.25, 0.3) is 10.2 Å². The Bertz CT molecular complexity index is 964. The Morgan fingerprint density at radius 2 is 1.93 bits per heavy atom. The first-order chi connectivity index (χ1) is 13.4. The number of carbonyl (C=O) groups is 3. The number of thiazole rings is 1. The molecule has 3 amide bonds. The molecule has 4 rings (SSSR count). The zero-order chi connectivity index (χ0) is 19.8. The molecule has 2 heterocycles. The van der Waals surface area contributed by atoms with Gasteiger partial charge in [0.15, 0.2) is 5.13 Å². The Balaban J connectivity index is 1.38. The van der Waals surface area contributed by atoms with E-state index in [1.54, 1.807) is 0 Å². The van der Waals surface area contributed by atoms with Gasteiger partial charge in [0.25, 0.3) is 5.69 Å². The highest BCUT2D eigenvalue weighted by molar-refractivity contribution is 7.22. The van der Waals surface area contributed by atoms with Crippen LogP contribution < -0.4 is 5.32 Å². The second-order valence-electron chi connectivity index (χ2n) is 7.05. The summed E-state index contributed by atoms with van der Waals surface area (Å²) in [4.78, 5) is 52.9. The van der Waals surface area contributed by atoms with Crippen molar-refractivity contribution >= 4 is 50.1 Å². The number of imide groups is 1. The van der Waals surface area contributed by atoms with E-state index < -0.39 is 4.92 Å². The average molecular weight is 402 g/mol. The number of nitro benzene ring substituents is 1. The van der Waals surface area contributed by atoms with Crippen molar-refractivity contribution in [3.8, 4) is 0 Å². The molecule has 28 heavy (non-hydrogen) atoms. The quantitative estimate of drug-likeness (QED) is 0.466. The van der Waals surface area contributed by atoms with Gasteiger partial charge in [0.2, 0.25) is 17.7 Å². The van der Waals surface area contributed by atoms with Crippen molar-refractivity contribution in [3.63, 3.8) is 0 Å². The Morgan fingerprint density at radius 3 is 2.57 bits per heavy atom. The molecule has 1 aromatic carbocycles. The van der Waals surface area contributed by atoms with Gasteiger partial charge in [-0.15, -0.1) is 0 Å². The first-order valence-corrected chi connectivity index (χ1v) is 9.96. The van der Waals surface area contributed by atoms with E-state index in [0.29, 0.717) is 15.3 Å². The summed E-state index contributed by atoms with van der Waals surface area (Å²) in [7, 11) is 0. The first-order valence-electron chi connectivity index (χ1n) is 9.14. The SMILES string of the molecule is O=C(CCN1C(=O)[C@@H]2CCCC[C@H]2C1=O)Nc1nc2ccc([N+](=O)[O-])cc2s1. The predicted molar refractivity (Wildman–Crippen MR) is 102 cm³/mol. The molecular formula is C18H18N4O5S. The van der Waals surface area contributed by atoms with Crippen molar-refractivity contribution in [1.29, 1.82) is 0 Å². The Morgan fingerprint density at radius 1 is 1.25 bits per heavy atom. The third-order valence-corrected chi connectivity index (χ3v) is 6.26. The van der Waals surface area contributed by atoms with Crippen LogP contribution in [0.4, 0.5) is 10.8 Å². The Kier molecular flexibility index (Phi) is 4.80. The van der Waals surface area contributed by atoms with E-state index in [2.05, 4.69) is 10.3 Å². The van der Waals surface area contributed by atoms with Crippen molar-refractivity contribution in [2.75, 3.05) is 11.9 Å². The maximum atomic E-state index is 12.4. The smallest absolute Gasteiger partial charge is 0.270 e. The minimum atomic E-state index is -0.487. The highest BCUT2D eigenvalue weighted by Crippen LogP contribution is 2.38. The Hall–Kier alpha value is -2.88.